The summed E-state index contributed by atoms with van der Waals surface area (Å²) in [5.41, 5.74) is 0. The number of halogens is 1. The van der Waals surface area contributed by atoms with Gasteiger partial charge in [-0.3, -0.25) is 4.21 Å². The summed E-state index contributed by atoms with van der Waals surface area (Å²) < 4.78 is 19.2. The summed E-state index contributed by atoms with van der Waals surface area (Å²) in [7, 11) is -1.03. The molecule has 0 aliphatic carbocycles. The fraction of sp³-hybridized carbons (Fsp3) is 0.571. The maximum Gasteiger partial charge on any atom is 0.0782 e. The molecule has 106 valence electrons. The molecule has 1 N–H and O–H groups in total. The zero-order chi connectivity index (χ0) is 13.7. The van der Waals surface area contributed by atoms with E-state index >= 15 is 0 Å². The number of benzene rings is 1. The molecule has 1 aromatic rings. The molecule has 1 aromatic carbocycles. The third kappa shape index (κ3) is 4.12. The molecule has 3 atom stereocenters. The molecule has 1 aliphatic rings. The Balaban J connectivity index is 2.10. The van der Waals surface area contributed by atoms with Crippen molar-refractivity contribution in [3.8, 4) is 0 Å². The Morgan fingerprint density at radius 1 is 1.53 bits per heavy atom. The third-order valence-corrected chi connectivity index (χ3v) is 5.49. The van der Waals surface area contributed by atoms with Crippen molar-refractivity contribution in [2.24, 2.45) is 0 Å². The lowest BCUT2D eigenvalue weighted by molar-refractivity contribution is 0.0820. The maximum atomic E-state index is 12.7. The third-order valence-electron chi connectivity index (χ3n) is 3.26. The standard InChI is InChI=1S/C14H20BrNO2S/c1-2-7-16-13-6-8-18-10-14(13)19(17)12-5-3-4-11(15)9-12/h3-5,9,13-14,16H,2,6-8,10H2,1H3. The van der Waals surface area contributed by atoms with Crippen LogP contribution in [0.25, 0.3) is 0 Å². The molecule has 0 saturated carbocycles. The minimum absolute atomic E-state index is 0.0367. The highest BCUT2D eigenvalue weighted by molar-refractivity contribution is 9.10. The van der Waals surface area contributed by atoms with Gasteiger partial charge in [0.1, 0.15) is 0 Å². The molecule has 0 spiro atoms. The molecule has 5 heteroatoms. The number of nitrogens with one attached hydrogen (secondary N) is 1. The number of ether oxygens (including phenoxy) is 1. The van der Waals surface area contributed by atoms with Crippen LogP contribution in [-0.2, 0) is 15.5 Å². The van der Waals surface area contributed by atoms with Gasteiger partial charge in [0.2, 0.25) is 0 Å². The molecule has 0 bridgehead atoms. The van der Waals surface area contributed by atoms with Gasteiger partial charge in [0.05, 0.1) is 22.7 Å². The van der Waals surface area contributed by atoms with Gasteiger partial charge in [0, 0.05) is 22.0 Å². The molecule has 1 saturated heterocycles. The van der Waals surface area contributed by atoms with Crippen LogP contribution in [0, 0.1) is 0 Å². The molecule has 0 amide bonds. The predicted octanol–water partition coefficient (Wildman–Crippen LogP) is 2.71. The highest BCUT2D eigenvalue weighted by Gasteiger charge is 2.30. The van der Waals surface area contributed by atoms with Gasteiger partial charge in [0.15, 0.2) is 0 Å². The van der Waals surface area contributed by atoms with E-state index in [1.54, 1.807) is 0 Å². The van der Waals surface area contributed by atoms with Gasteiger partial charge in [-0.2, -0.15) is 0 Å². The second-order valence-corrected chi connectivity index (χ2v) is 7.30. The van der Waals surface area contributed by atoms with Crippen LogP contribution in [0.1, 0.15) is 19.8 Å². The van der Waals surface area contributed by atoms with Gasteiger partial charge in [-0.1, -0.05) is 28.9 Å². The van der Waals surface area contributed by atoms with E-state index in [-0.39, 0.29) is 11.3 Å². The number of hydrogen-bond donors (Lipinski definition) is 1. The van der Waals surface area contributed by atoms with E-state index in [1.807, 2.05) is 24.3 Å². The fourth-order valence-electron chi connectivity index (χ4n) is 2.25. The van der Waals surface area contributed by atoms with E-state index in [4.69, 9.17) is 4.74 Å². The fourth-order valence-corrected chi connectivity index (χ4v) is 4.36. The van der Waals surface area contributed by atoms with Crippen molar-refractivity contribution in [1.82, 2.24) is 5.32 Å². The van der Waals surface area contributed by atoms with Crippen molar-refractivity contribution in [3.05, 3.63) is 28.7 Å². The van der Waals surface area contributed by atoms with Crippen LogP contribution in [0.2, 0.25) is 0 Å². The van der Waals surface area contributed by atoms with Crippen LogP contribution in [0.3, 0.4) is 0 Å². The quantitative estimate of drug-likeness (QED) is 0.891. The summed E-state index contributed by atoms with van der Waals surface area (Å²) in [6.07, 6.45) is 2.03. The van der Waals surface area contributed by atoms with Crippen molar-refractivity contribution in [1.29, 1.82) is 0 Å². The summed E-state index contributed by atoms with van der Waals surface area (Å²) in [6.45, 7) is 4.44. The molecule has 3 nitrogen and oxygen atoms in total. The van der Waals surface area contributed by atoms with Crippen LogP contribution >= 0.6 is 15.9 Å². The van der Waals surface area contributed by atoms with E-state index in [2.05, 4.69) is 28.2 Å². The van der Waals surface area contributed by atoms with Gasteiger partial charge in [-0.05, 0) is 37.6 Å². The predicted molar refractivity (Wildman–Crippen MR) is 81.9 cm³/mol. The Morgan fingerprint density at radius 2 is 2.37 bits per heavy atom. The molecule has 0 aromatic heterocycles. The second-order valence-electron chi connectivity index (χ2n) is 4.72. The van der Waals surface area contributed by atoms with E-state index in [1.165, 1.54) is 0 Å². The summed E-state index contributed by atoms with van der Waals surface area (Å²) in [5, 5.41) is 3.54. The first kappa shape index (κ1) is 15.2. The van der Waals surface area contributed by atoms with E-state index in [9.17, 15) is 4.21 Å². The van der Waals surface area contributed by atoms with Crippen LogP contribution < -0.4 is 5.32 Å². The maximum absolute atomic E-state index is 12.7. The lowest BCUT2D eigenvalue weighted by Crippen LogP contribution is -2.48. The lowest BCUT2D eigenvalue weighted by Gasteiger charge is -2.31. The van der Waals surface area contributed by atoms with E-state index < -0.39 is 10.8 Å². The molecule has 3 unspecified atom stereocenters. The first-order valence-corrected chi connectivity index (χ1v) is 8.70. The first-order valence-electron chi connectivity index (χ1n) is 6.69. The highest BCUT2D eigenvalue weighted by atomic mass is 79.9. The van der Waals surface area contributed by atoms with Crippen molar-refractivity contribution in [2.45, 2.75) is 36.0 Å². The van der Waals surface area contributed by atoms with Gasteiger partial charge in [-0.15, -0.1) is 0 Å². The average molecular weight is 346 g/mol. The minimum atomic E-state index is -1.03. The Morgan fingerprint density at radius 3 is 3.11 bits per heavy atom. The van der Waals surface area contributed by atoms with Crippen LogP contribution in [0.5, 0.6) is 0 Å². The van der Waals surface area contributed by atoms with E-state index in [0.29, 0.717) is 6.61 Å². The van der Waals surface area contributed by atoms with Crippen LogP contribution in [0.4, 0.5) is 0 Å². The Labute approximate surface area is 125 Å². The molecule has 1 fully saturated rings. The minimum Gasteiger partial charge on any atom is -0.380 e. The highest BCUT2D eigenvalue weighted by Crippen LogP contribution is 2.22. The topological polar surface area (TPSA) is 38.3 Å². The van der Waals surface area contributed by atoms with Crippen molar-refractivity contribution >= 4 is 26.7 Å². The average Bonchev–Trinajstić information content (AvgIpc) is 2.44. The monoisotopic (exact) mass is 345 g/mol. The number of hydrogen-bond acceptors (Lipinski definition) is 3. The lowest BCUT2D eigenvalue weighted by atomic mass is 10.1. The molecular weight excluding hydrogens is 326 g/mol. The molecule has 2 rings (SSSR count). The van der Waals surface area contributed by atoms with Crippen LogP contribution in [0.15, 0.2) is 33.6 Å². The largest absolute Gasteiger partial charge is 0.380 e. The van der Waals surface area contributed by atoms with Crippen molar-refractivity contribution < 1.29 is 8.95 Å². The first-order chi connectivity index (χ1) is 9.22. The van der Waals surface area contributed by atoms with Crippen LogP contribution in [-0.4, -0.2) is 35.3 Å². The van der Waals surface area contributed by atoms with Gasteiger partial charge >= 0.3 is 0 Å². The van der Waals surface area contributed by atoms with Gasteiger partial charge in [0.25, 0.3) is 0 Å². The SMILES string of the molecule is CCCNC1CCOCC1S(=O)c1cccc(Br)c1. The van der Waals surface area contributed by atoms with Gasteiger partial charge < -0.3 is 10.1 Å². The zero-order valence-electron chi connectivity index (χ0n) is 11.1. The molecular formula is C14H20BrNO2S. The van der Waals surface area contributed by atoms with E-state index in [0.717, 1.165) is 35.4 Å². The summed E-state index contributed by atoms with van der Waals surface area (Å²) >= 11 is 3.43. The summed E-state index contributed by atoms with van der Waals surface area (Å²) in [4.78, 5) is 0.869. The zero-order valence-corrected chi connectivity index (χ0v) is 13.5. The smallest absolute Gasteiger partial charge is 0.0782 e. The van der Waals surface area contributed by atoms with Crippen molar-refractivity contribution in [3.63, 3.8) is 0 Å². The molecule has 1 aliphatic heterocycles. The Bertz CT molecular complexity index is 441. The summed E-state index contributed by atoms with van der Waals surface area (Å²) in [6, 6.07) is 8.02. The summed E-state index contributed by atoms with van der Waals surface area (Å²) in [5.74, 6) is 0. The number of rotatable bonds is 5. The van der Waals surface area contributed by atoms with Gasteiger partial charge in [-0.25, -0.2) is 0 Å². The molecule has 0 radical (unpaired) electrons. The second kappa shape index (κ2) is 7.53. The molecule has 1 heterocycles. The molecule has 19 heavy (non-hydrogen) atoms. The Kier molecular flexibility index (Phi) is 6.01. The normalized spacial score (nSPS) is 25.2. The Hall–Kier alpha value is -0.230. The van der Waals surface area contributed by atoms with Crippen molar-refractivity contribution in [2.75, 3.05) is 19.8 Å².